The van der Waals surface area contributed by atoms with Crippen molar-refractivity contribution in [3.05, 3.63) is 36.0 Å². The van der Waals surface area contributed by atoms with Gasteiger partial charge in [0.05, 0.1) is 31.8 Å². The van der Waals surface area contributed by atoms with Crippen LogP contribution in [0.4, 0.5) is 14.6 Å². The molecule has 188 valence electrons. The van der Waals surface area contributed by atoms with Gasteiger partial charge >= 0.3 is 0 Å². The molecule has 0 aliphatic carbocycles. The average Bonchev–Trinajstić information content (AvgIpc) is 3.37. The van der Waals surface area contributed by atoms with E-state index in [1.807, 2.05) is 6.20 Å². The molecule has 2 aliphatic rings. The van der Waals surface area contributed by atoms with Gasteiger partial charge in [-0.25, -0.2) is 18.4 Å². The van der Waals surface area contributed by atoms with E-state index in [0.29, 0.717) is 44.6 Å². The number of fused-ring (bicyclic) bond motifs is 1. The van der Waals surface area contributed by atoms with Crippen LogP contribution in [0.3, 0.4) is 0 Å². The third kappa shape index (κ3) is 4.74. The Bertz CT molecular complexity index is 1180. The number of hydrogen-bond donors (Lipinski definition) is 1. The van der Waals surface area contributed by atoms with Crippen LogP contribution in [0.2, 0.25) is 0 Å². The highest BCUT2D eigenvalue weighted by atomic mass is 19.1. The minimum absolute atomic E-state index is 0.0733. The molecule has 0 bridgehead atoms. The summed E-state index contributed by atoms with van der Waals surface area (Å²) in [5.41, 5.74) is 2.96. The Morgan fingerprint density at radius 1 is 1.31 bits per heavy atom. The predicted octanol–water partition coefficient (Wildman–Crippen LogP) is 3.29. The number of piperidine rings is 1. The zero-order valence-corrected chi connectivity index (χ0v) is 20.2. The molecular formula is C24H31F2N7O2. The number of methoxy groups -OCH3 is 1. The highest BCUT2D eigenvalue weighted by Gasteiger charge is 2.31. The highest BCUT2D eigenvalue weighted by molar-refractivity contribution is 5.70. The number of aromatic nitrogens is 5. The first-order valence-corrected chi connectivity index (χ1v) is 12.0. The summed E-state index contributed by atoms with van der Waals surface area (Å²) in [5, 5.41) is 12.5. The monoisotopic (exact) mass is 487 g/mol. The van der Waals surface area contributed by atoms with Gasteiger partial charge < -0.3 is 14.8 Å². The number of halogens is 2. The molecule has 35 heavy (non-hydrogen) atoms. The van der Waals surface area contributed by atoms with Crippen LogP contribution in [0.5, 0.6) is 5.88 Å². The first kappa shape index (κ1) is 23.7. The average molecular weight is 488 g/mol. The van der Waals surface area contributed by atoms with E-state index in [0.717, 1.165) is 35.6 Å². The zero-order chi connectivity index (χ0) is 24.5. The van der Waals surface area contributed by atoms with Crippen molar-refractivity contribution < 1.29 is 18.3 Å². The summed E-state index contributed by atoms with van der Waals surface area (Å²) in [6.07, 6.45) is 5.73. The van der Waals surface area contributed by atoms with Crippen molar-refractivity contribution in [2.24, 2.45) is 5.92 Å². The molecule has 3 aromatic rings. The van der Waals surface area contributed by atoms with Crippen LogP contribution in [-0.4, -0.2) is 75.2 Å². The molecule has 2 aliphatic heterocycles. The van der Waals surface area contributed by atoms with Crippen LogP contribution in [0.1, 0.15) is 25.8 Å². The molecular weight excluding hydrogens is 456 g/mol. The Labute approximate surface area is 203 Å². The van der Waals surface area contributed by atoms with Gasteiger partial charge in [-0.05, 0) is 26.8 Å². The van der Waals surface area contributed by atoms with Gasteiger partial charge in [0.1, 0.15) is 24.4 Å². The molecule has 0 spiro atoms. The van der Waals surface area contributed by atoms with E-state index in [9.17, 15) is 8.78 Å². The highest BCUT2D eigenvalue weighted by Crippen LogP contribution is 2.33. The Balaban J connectivity index is 1.42. The van der Waals surface area contributed by atoms with Crippen LogP contribution in [0.25, 0.3) is 16.9 Å². The number of nitrogens with zero attached hydrogens (tertiary/aromatic N) is 6. The van der Waals surface area contributed by atoms with E-state index < -0.39 is 12.0 Å². The third-order valence-electron chi connectivity index (χ3n) is 6.82. The van der Waals surface area contributed by atoms with Crippen molar-refractivity contribution in [3.8, 4) is 22.8 Å². The molecule has 0 radical (unpaired) electrons. The van der Waals surface area contributed by atoms with Crippen molar-refractivity contribution >= 4 is 5.82 Å². The van der Waals surface area contributed by atoms with Crippen molar-refractivity contribution in [1.82, 2.24) is 29.4 Å². The normalized spacial score (nSPS) is 21.0. The second kappa shape index (κ2) is 9.90. The van der Waals surface area contributed by atoms with Gasteiger partial charge in [0.2, 0.25) is 5.88 Å². The lowest BCUT2D eigenvalue weighted by molar-refractivity contribution is 0.0563. The molecule has 9 nitrogen and oxygen atoms in total. The van der Waals surface area contributed by atoms with Crippen molar-refractivity contribution in [2.45, 2.75) is 45.4 Å². The summed E-state index contributed by atoms with van der Waals surface area (Å²) < 4.78 is 43.2. The van der Waals surface area contributed by atoms with E-state index in [2.05, 4.69) is 34.1 Å². The fraction of sp³-hybridized carbons (Fsp3) is 0.542. The minimum atomic E-state index is -0.881. The summed E-state index contributed by atoms with van der Waals surface area (Å²) in [6.45, 7) is 6.93. The maximum Gasteiger partial charge on any atom is 0.250 e. The maximum atomic E-state index is 14.9. The van der Waals surface area contributed by atoms with E-state index in [-0.39, 0.29) is 11.8 Å². The minimum Gasteiger partial charge on any atom is -0.479 e. The predicted molar refractivity (Wildman–Crippen MR) is 127 cm³/mol. The molecule has 1 fully saturated rings. The zero-order valence-electron chi connectivity index (χ0n) is 20.2. The van der Waals surface area contributed by atoms with Crippen LogP contribution < -0.4 is 10.1 Å². The molecule has 1 N–H and O–H groups in total. The van der Waals surface area contributed by atoms with E-state index in [1.165, 1.54) is 19.4 Å². The number of nitrogens with one attached hydrogen (secondary N) is 1. The number of likely N-dealkylation sites (tertiary alicyclic amines) is 1. The summed E-state index contributed by atoms with van der Waals surface area (Å²) in [6, 6.07) is 1.69. The Morgan fingerprint density at radius 2 is 2.17 bits per heavy atom. The molecule has 11 heteroatoms. The Kier molecular flexibility index (Phi) is 6.70. The molecule has 0 amide bonds. The number of rotatable bonds is 6. The first-order chi connectivity index (χ1) is 16.9. The fourth-order valence-electron chi connectivity index (χ4n) is 4.81. The maximum absolute atomic E-state index is 14.9. The van der Waals surface area contributed by atoms with Gasteiger partial charge in [0.25, 0.3) is 0 Å². The summed E-state index contributed by atoms with van der Waals surface area (Å²) >= 11 is 0. The second-order valence-electron chi connectivity index (χ2n) is 9.36. The molecule has 1 saturated heterocycles. The number of pyridine rings is 1. The standard InChI is InChI=1S/C24H31F2N7O2/c1-15(2)31-6-4-16(21(26)13-31)11-32-12-17(9-29-32)22-19-5-7-35-14-28-23(19)33(30-22)18-8-20(25)24(34-3)27-10-18/h8-10,12,15-16,21,28H,4-7,11,13-14H2,1-3H3. The van der Waals surface area contributed by atoms with Gasteiger partial charge in [-0.3, -0.25) is 9.58 Å². The van der Waals surface area contributed by atoms with E-state index >= 15 is 0 Å². The summed E-state index contributed by atoms with van der Waals surface area (Å²) in [7, 11) is 1.37. The molecule has 5 rings (SSSR count). The van der Waals surface area contributed by atoms with Crippen LogP contribution >= 0.6 is 0 Å². The van der Waals surface area contributed by atoms with Crippen molar-refractivity contribution in [3.63, 3.8) is 0 Å². The molecule has 5 heterocycles. The van der Waals surface area contributed by atoms with Crippen molar-refractivity contribution in [1.29, 1.82) is 0 Å². The number of ether oxygens (including phenoxy) is 2. The van der Waals surface area contributed by atoms with Gasteiger partial charge in [-0.1, -0.05) is 0 Å². The van der Waals surface area contributed by atoms with Gasteiger partial charge in [-0.2, -0.15) is 10.2 Å². The smallest absolute Gasteiger partial charge is 0.250 e. The van der Waals surface area contributed by atoms with E-state index in [1.54, 1.807) is 15.6 Å². The Morgan fingerprint density at radius 3 is 2.91 bits per heavy atom. The largest absolute Gasteiger partial charge is 0.479 e. The topological polar surface area (TPSA) is 82.3 Å². The number of hydrogen-bond acceptors (Lipinski definition) is 7. The lowest BCUT2D eigenvalue weighted by Gasteiger charge is -2.36. The number of alkyl halides is 1. The first-order valence-electron chi connectivity index (χ1n) is 12.0. The molecule has 3 aromatic heterocycles. The quantitative estimate of drug-likeness (QED) is 0.571. The van der Waals surface area contributed by atoms with Gasteiger partial charge in [-0.15, -0.1) is 0 Å². The van der Waals surface area contributed by atoms with Crippen LogP contribution in [0.15, 0.2) is 24.7 Å². The molecule has 0 aromatic carbocycles. The van der Waals surface area contributed by atoms with Crippen LogP contribution in [-0.2, 0) is 17.7 Å². The van der Waals surface area contributed by atoms with E-state index in [4.69, 9.17) is 14.6 Å². The van der Waals surface area contributed by atoms with Gasteiger partial charge in [0.15, 0.2) is 5.82 Å². The number of anilines is 1. The fourth-order valence-corrected chi connectivity index (χ4v) is 4.81. The summed E-state index contributed by atoms with van der Waals surface area (Å²) in [5.74, 6) is 0.00491. The molecule has 0 saturated carbocycles. The van der Waals surface area contributed by atoms with Crippen molar-refractivity contribution in [2.75, 3.05) is 38.9 Å². The third-order valence-corrected chi connectivity index (χ3v) is 6.82. The molecule has 2 atom stereocenters. The lowest BCUT2D eigenvalue weighted by atomic mass is 9.94. The van der Waals surface area contributed by atoms with Gasteiger partial charge in [0, 0.05) is 54.9 Å². The second-order valence-corrected chi connectivity index (χ2v) is 9.36. The SMILES string of the molecule is COc1ncc(-n2nc(-c3cnn(CC4CCN(C(C)C)CC4F)c3)c3c2NCOCC3)cc1F. The Hall–Kier alpha value is -3.05. The summed E-state index contributed by atoms with van der Waals surface area (Å²) in [4.78, 5) is 6.23. The molecule has 2 unspecified atom stereocenters. The van der Waals surface area contributed by atoms with Crippen LogP contribution in [0, 0.1) is 11.7 Å². The lowest BCUT2D eigenvalue weighted by Crippen LogP contribution is -2.46.